The maximum Gasteiger partial charge on any atom is 0.251 e. The molecule has 1 aromatic heterocycles. The first kappa shape index (κ1) is 24.6. The number of likely N-dealkylation sites (N-methyl/N-ethyl adjacent to an activating group) is 1. The molecule has 0 unspecified atom stereocenters. The summed E-state index contributed by atoms with van der Waals surface area (Å²) >= 11 is 0. The molecule has 10 nitrogen and oxygen atoms in total. The summed E-state index contributed by atoms with van der Waals surface area (Å²) in [5.41, 5.74) is 1.02. The fraction of sp³-hybridized carbons (Fsp3) is 0.409. The van der Waals surface area contributed by atoms with Crippen LogP contribution in [0.25, 0.3) is 0 Å². The van der Waals surface area contributed by atoms with Gasteiger partial charge in [0.05, 0.1) is 11.4 Å². The highest BCUT2D eigenvalue weighted by molar-refractivity contribution is 7.89. The summed E-state index contributed by atoms with van der Waals surface area (Å²) < 4.78 is 25.5. The molecule has 178 valence electrons. The van der Waals surface area contributed by atoms with E-state index in [9.17, 15) is 18.0 Å². The third-order valence-electron chi connectivity index (χ3n) is 5.41. The Morgan fingerprint density at radius 3 is 2.42 bits per heavy atom. The number of carbonyl (C=O) groups excluding carboxylic acids is 2. The van der Waals surface area contributed by atoms with Crippen molar-refractivity contribution in [2.24, 2.45) is 0 Å². The molecule has 3 rings (SSSR count). The number of piperazine rings is 1. The zero-order chi connectivity index (χ0) is 24.0. The number of nitrogens with one attached hydrogen (secondary N) is 2. The average molecular weight is 475 g/mol. The number of sulfonamides is 1. The number of hydrogen-bond donors (Lipinski definition) is 2. The van der Waals surface area contributed by atoms with Crippen LogP contribution in [0.1, 0.15) is 15.9 Å². The Morgan fingerprint density at radius 1 is 1.06 bits per heavy atom. The van der Waals surface area contributed by atoms with Crippen LogP contribution in [-0.2, 0) is 21.4 Å². The van der Waals surface area contributed by atoms with Crippen molar-refractivity contribution >= 4 is 27.7 Å². The fourth-order valence-corrected chi connectivity index (χ4v) is 4.23. The molecule has 2 N–H and O–H groups in total. The molecule has 11 heteroatoms. The van der Waals surface area contributed by atoms with Crippen LogP contribution in [-0.4, -0.2) is 88.3 Å². The third kappa shape index (κ3) is 6.50. The second-order valence-electron chi connectivity index (χ2n) is 8.09. The topological polar surface area (TPSA) is 115 Å². The number of pyridine rings is 1. The Hall–Kier alpha value is -3.02. The molecule has 0 bridgehead atoms. The summed E-state index contributed by atoms with van der Waals surface area (Å²) in [5, 5.41) is 5.26. The van der Waals surface area contributed by atoms with Gasteiger partial charge in [-0.15, -0.1) is 0 Å². The molecule has 2 aromatic rings. The lowest BCUT2D eigenvalue weighted by molar-refractivity contribution is -0.120. The highest BCUT2D eigenvalue weighted by atomic mass is 32.2. The summed E-state index contributed by atoms with van der Waals surface area (Å²) in [7, 11) is 1.29. The van der Waals surface area contributed by atoms with E-state index in [0.717, 1.165) is 41.9 Å². The third-order valence-corrected chi connectivity index (χ3v) is 7.22. The van der Waals surface area contributed by atoms with Gasteiger partial charge in [0.2, 0.25) is 15.9 Å². The molecule has 1 aliphatic heterocycles. The number of rotatable bonds is 8. The largest absolute Gasteiger partial charge is 0.354 e. The first-order chi connectivity index (χ1) is 15.7. The second kappa shape index (κ2) is 10.7. The Balaban J connectivity index is 1.47. The summed E-state index contributed by atoms with van der Waals surface area (Å²) in [5.74, 6) is 0.0339. The number of amides is 2. The van der Waals surface area contributed by atoms with Crippen molar-refractivity contribution in [3.63, 3.8) is 0 Å². The van der Waals surface area contributed by atoms with Gasteiger partial charge in [-0.05, 0) is 36.9 Å². The highest BCUT2D eigenvalue weighted by Gasteiger charge is 2.19. The van der Waals surface area contributed by atoms with Crippen LogP contribution < -0.4 is 15.5 Å². The molecule has 1 fully saturated rings. The molecular formula is C22H30N6O4S. The molecule has 2 heterocycles. The molecule has 2 amide bonds. The maximum absolute atomic E-state index is 12.4. The van der Waals surface area contributed by atoms with Gasteiger partial charge < -0.3 is 20.4 Å². The summed E-state index contributed by atoms with van der Waals surface area (Å²) in [6.07, 6.45) is 1.74. The zero-order valence-corrected chi connectivity index (χ0v) is 19.9. The second-order valence-corrected chi connectivity index (χ2v) is 10.2. The van der Waals surface area contributed by atoms with Crippen LogP contribution in [0.4, 0.5) is 5.82 Å². The van der Waals surface area contributed by atoms with E-state index in [1.54, 1.807) is 6.20 Å². The van der Waals surface area contributed by atoms with Crippen LogP contribution in [0.15, 0.2) is 47.5 Å². The van der Waals surface area contributed by atoms with Crippen molar-refractivity contribution in [1.29, 1.82) is 0 Å². The molecule has 0 radical (unpaired) electrons. The van der Waals surface area contributed by atoms with Crippen molar-refractivity contribution in [2.75, 3.05) is 58.8 Å². The van der Waals surface area contributed by atoms with Gasteiger partial charge >= 0.3 is 0 Å². The number of anilines is 1. The Labute approximate surface area is 194 Å². The first-order valence-electron chi connectivity index (χ1n) is 10.6. The van der Waals surface area contributed by atoms with Gasteiger partial charge in [0.1, 0.15) is 5.82 Å². The van der Waals surface area contributed by atoms with E-state index in [-0.39, 0.29) is 22.9 Å². The van der Waals surface area contributed by atoms with Gasteiger partial charge in [-0.2, -0.15) is 0 Å². The normalized spacial score (nSPS) is 14.8. The molecule has 0 atom stereocenters. The molecular weight excluding hydrogens is 444 g/mol. The highest BCUT2D eigenvalue weighted by Crippen LogP contribution is 2.15. The molecule has 1 saturated heterocycles. The van der Waals surface area contributed by atoms with Gasteiger partial charge in [0.15, 0.2) is 0 Å². The molecule has 0 spiro atoms. The van der Waals surface area contributed by atoms with Gasteiger partial charge in [0, 0.05) is 58.6 Å². The van der Waals surface area contributed by atoms with Crippen molar-refractivity contribution in [3.05, 3.63) is 53.7 Å². The summed E-state index contributed by atoms with van der Waals surface area (Å²) in [4.78, 5) is 33.5. The Kier molecular flexibility index (Phi) is 8.01. The van der Waals surface area contributed by atoms with Crippen LogP contribution in [0, 0.1) is 0 Å². The van der Waals surface area contributed by atoms with Crippen LogP contribution in [0.2, 0.25) is 0 Å². The van der Waals surface area contributed by atoms with Crippen molar-refractivity contribution in [3.8, 4) is 0 Å². The minimum atomic E-state index is -3.65. The lowest BCUT2D eigenvalue weighted by atomic mass is 10.2. The monoisotopic (exact) mass is 474 g/mol. The van der Waals surface area contributed by atoms with E-state index in [1.807, 2.05) is 12.1 Å². The Morgan fingerprint density at radius 2 is 1.79 bits per heavy atom. The number of carbonyl (C=O) groups is 2. The van der Waals surface area contributed by atoms with Crippen LogP contribution in [0.3, 0.4) is 0 Å². The van der Waals surface area contributed by atoms with E-state index in [1.165, 1.54) is 38.4 Å². The van der Waals surface area contributed by atoms with Crippen molar-refractivity contribution in [1.82, 2.24) is 24.8 Å². The minimum absolute atomic E-state index is 0.0112. The van der Waals surface area contributed by atoms with E-state index >= 15 is 0 Å². The first-order valence-corrected chi connectivity index (χ1v) is 12.1. The summed E-state index contributed by atoms with van der Waals surface area (Å²) in [6.45, 7) is 3.94. The van der Waals surface area contributed by atoms with Gasteiger partial charge in [-0.25, -0.2) is 17.7 Å². The zero-order valence-electron chi connectivity index (χ0n) is 19.1. The molecule has 0 saturated carbocycles. The molecule has 33 heavy (non-hydrogen) atoms. The quantitative estimate of drug-likeness (QED) is 0.559. The predicted octanol–water partition coefficient (Wildman–Crippen LogP) is 0.130. The lowest BCUT2D eigenvalue weighted by Gasteiger charge is -2.33. The van der Waals surface area contributed by atoms with Crippen LogP contribution in [0.5, 0.6) is 0 Å². The maximum atomic E-state index is 12.4. The van der Waals surface area contributed by atoms with Gasteiger partial charge in [0.25, 0.3) is 5.91 Å². The van der Waals surface area contributed by atoms with Gasteiger partial charge in [-0.1, -0.05) is 12.1 Å². The minimum Gasteiger partial charge on any atom is -0.354 e. The standard InChI is InChI=1S/C22H30N6O4S/c1-26(2)33(31,32)19-6-4-5-18(13-19)22(30)25-16-21(29)24-15-17-7-8-20(23-14-17)28-11-9-27(3)10-12-28/h4-8,13-14H,9-12,15-16H2,1-3H3,(H,24,29)(H,25,30). The fourth-order valence-electron chi connectivity index (χ4n) is 3.28. The van der Waals surface area contributed by atoms with Crippen molar-refractivity contribution in [2.45, 2.75) is 11.4 Å². The summed E-state index contributed by atoms with van der Waals surface area (Å²) in [6, 6.07) is 9.57. The predicted molar refractivity (Wildman–Crippen MR) is 125 cm³/mol. The van der Waals surface area contributed by atoms with Crippen LogP contribution >= 0.6 is 0 Å². The van der Waals surface area contributed by atoms with Crippen molar-refractivity contribution < 1.29 is 18.0 Å². The molecule has 0 aliphatic carbocycles. The van der Waals surface area contributed by atoms with E-state index < -0.39 is 15.9 Å². The number of nitrogens with zero attached hydrogens (tertiary/aromatic N) is 4. The number of aromatic nitrogens is 1. The van der Waals surface area contributed by atoms with Gasteiger partial charge in [-0.3, -0.25) is 9.59 Å². The van der Waals surface area contributed by atoms with E-state index in [0.29, 0.717) is 6.54 Å². The smallest absolute Gasteiger partial charge is 0.251 e. The molecule has 1 aliphatic rings. The van der Waals surface area contributed by atoms with E-state index in [4.69, 9.17) is 0 Å². The molecule has 1 aromatic carbocycles. The number of hydrogen-bond acceptors (Lipinski definition) is 7. The average Bonchev–Trinajstić information content (AvgIpc) is 2.82. The SMILES string of the molecule is CN1CCN(c2ccc(CNC(=O)CNC(=O)c3cccc(S(=O)(=O)N(C)C)c3)cn2)CC1. The Bertz CT molecular complexity index is 1080. The number of benzene rings is 1. The lowest BCUT2D eigenvalue weighted by Crippen LogP contribution is -2.44. The van der Waals surface area contributed by atoms with E-state index in [2.05, 4.69) is 32.5 Å².